The van der Waals surface area contributed by atoms with Gasteiger partial charge >= 0.3 is 0 Å². The van der Waals surface area contributed by atoms with Crippen LogP contribution in [0, 0.1) is 6.92 Å². The molecule has 82 valence electrons. The first-order valence-electron chi connectivity index (χ1n) is 5.21. The lowest BCUT2D eigenvalue weighted by Crippen LogP contribution is -2.17. The molecular weight excluding hydrogens is 270 g/mol. The normalized spacial score (nSPS) is 15.6. The summed E-state index contributed by atoms with van der Waals surface area (Å²) >= 11 is 3.37. The van der Waals surface area contributed by atoms with Crippen LogP contribution < -0.4 is 5.56 Å². The highest BCUT2D eigenvalue weighted by molar-refractivity contribution is 9.10. The van der Waals surface area contributed by atoms with E-state index >= 15 is 0 Å². The molecule has 2 aromatic heterocycles. The van der Waals surface area contributed by atoms with E-state index in [0.29, 0.717) is 10.6 Å². The quantitative estimate of drug-likeness (QED) is 0.804. The summed E-state index contributed by atoms with van der Waals surface area (Å²) in [6.07, 6.45) is 4.09. The third kappa shape index (κ3) is 1.46. The van der Waals surface area contributed by atoms with Crippen LogP contribution in [0.3, 0.4) is 0 Å². The molecule has 4 nitrogen and oxygen atoms in total. The molecule has 1 fully saturated rings. The molecule has 3 rings (SSSR count). The van der Waals surface area contributed by atoms with Gasteiger partial charge in [0.05, 0.1) is 5.69 Å². The number of hydrogen-bond acceptors (Lipinski definition) is 3. The van der Waals surface area contributed by atoms with Gasteiger partial charge in [-0.15, -0.1) is 5.10 Å². The Balaban J connectivity index is 2.39. The molecule has 0 amide bonds. The molecule has 0 radical (unpaired) electrons. The number of pyridine rings is 1. The van der Waals surface area contributed by atoms with E-state index < -0.39 is 0 Å². The lowest BCUT2D eigenvalue weighted by atomic mass is 10.2. The topological polar surface area (TPSA) is 47.8 Å². The number of nitrogens with zero attached hydrogens (tertiary/aromatic N) is 3. The zero-order chi connectivity index (χ0) is 11.3. The van der Waals surface area contributed by atoms with Crippen molar-refractivity contribution in [1.29, 1.82) is 0 Å². The maximum Gasteiger partial charge on any atom is 0.251 e. The fraction of sp³-hybridized carbons (Fsp3) is 0.364. The minimum absolute atomic E-state index is 0.0537. The molecule has 0 saturated heterocycles. The van der Waals surface area contributed by atoms with E-state index in [0.717, 1.165) is 29.3 Å². The van der Waals surface area contributed by atoms with Crippen LogP contribution in [0.4, 0.5) is 0 Å². The Bertz CT molecular complexity index is 631. The van der Waals surface area contributed by atoms with Gasteiger partial charge in [-0.3, -0.25) is 4.79 Å². The Labute approximate surface area is 100 Å². The summed E-state index contributed by atoms with van der Waals surface area (Å²) in [5, 5.41) is 9.84. The van der Waals surface area contributed by atoms with Gasteiger partial charge in [0.2, 0.25) is 0 Å². The van der Waals surface area contributed by atoms with Gasteiger partial charge in [-0.05, 0) is 35.7 Å². The highest BCUT2D eigenvalue weighted by Crippen LogP contribution is 2.34. The van der Waals surface area contributed by atoms with Crippen molar-refractivity contribution in [2.45, 2.75) is 25.8 Å². The van der Waals surface area contributed by atoms with Crippen molar-refractivity contribution >= 4 is 26.7 Å². The number of fused-ring (bicyclic) bond motifs is 1. The van der Waals surface area contributed by atoms with Crippen LogP contribution in [0.5, 0.6) is 0 Å². The molecule has 1 aliphatic rings. The van der Waals surface area contributed by atoms with E-state index in [2.05, 4.69) is 26.1 Å². The van der Waals surface area contributed by atoms with Gasteiger partial charge in [-0.25, -0.2) is 0 Å². The van der Waals surface area contributed by atoms with Gasteiger partial charge in [0, 0.05) is 29.1 Å². The highest BCUT2D eigenvalue weighted by atomic mass is 79.9. The molecular formula is C11H10BrN3O. The molecule has 0 atom stereocenters. The Kier molecular flexibility index (Phi) is 2.10. The van der Waals surface area contributed by atoms with Gasteiger partial charge in [0.15, 0.2) is 0 Å². The van der Waals surface area contributed by atoms with Crippen LogP contribution in [0.2, 0.25) is 0 Å². The largest absolute Gasteiger partial charge is 0.312 e. The van der Waals surface area contributed by atoms with Gasteiger partial charge in [0.1, 0.15) is 4.60 Å². The Morgan fingerprint density at radius 3 is 2.81 bits per heavy atom. The van der Waals surface area contributed by atoms with Gasteiger partial charge in [-0.2, -0.15) is 5.10 Å². The lowest BCUT2D eigenvalue weighted by molar-refractivity contribution is 0.712. The maximum atomic E-state index is 11.9. The number of rotatable bonds is 1. The van der Waals surface area contributed by atoms with E-state index in [-0.39, 0.29) is 5.56 Å². The SMILES string of the molecule is Cc1nnc(Br)c2cn(C3CC3)c(=O)cc12. The number of hydrogen-bond donors (Lipinski definition) is 0. The zero-order valence-electron chi connectivity index (χ0n) is 8.77. The number of aromatic nitrogens is 3. The smallest absolute Gasteiger partial charge is 0.251 e. The van der Waals surface area contributed by atoms with Crippen LogP contribution in [0.25, 0.3) is 10.8 Å². The average molecular weight is 280 g/mol. The van der Waals surface area contributed by atoms with Crippen molar-refractivity contribution in [2.24, 2.45) is 0 Å². The van der Waals surface area contributed by atoms with Crippen LogP contribution in [0.15, 0.2) is 21.7 Å². The van der Waals surface area contributed by atoms with Gasteiger partial charge in [-0.1, -0.05) is 0 Å². The first kappa shape index (κ1) is 9.96. The monoisotopic (exact) mass is 279 g/mol. The van der Waals surface area contributed by atoms with Crippen LogP contribution in [-0.2, 0) is 0 Å². The average Bonchev–Trinajstić information content (AvgIpc) is 3.07. The summed E-state index contributed by atoms with van der Waals surface area (Å²) in [6.45, 7) is 1.86. The van der Waals surface area contributed by atoms with Crippen molar-refractivity contribution < 1.29 is 0 Å². The summed E-state index contributed by atoms with van der Waals surface area (Å²) < 4.78 is 2.50. The molecule has 5 heteroatoms. The third-order valence-electron chi connectivity index (χ3n) is 2.92. The molecule has 0 aromatic carbocycles. The molecule has 2 aromatic rings. The van der Waals surface area contributed by atoms with E-state index in [9.17, 15) is 4.79 Å². The standard InChI is InChI=1S/C11H10BrN3O/c1-6-8-4-10(16)15(7-2-3-7)5-9(8)11(12)14-13-6/h4-5,7H,2-3H2,1H3. The Morgan fingerprint density at radius 1 is 1.38 bits per heavy atom. The lowest BCUT2D eigenvalue weighted by Gasteiger charge is -2.07. The Morgan fingerprint density at radius 2 is 2.12 bits per heavy atom. The van der Waals surface area contributed by atoms with Crippen LogP contribution in [-0.4, -0.2) is 14.8 Å². The van der Waals surface area contributed by atoms with E-state index in [1.165, 1.54) is 0 Å². The van der Waals surface area contributed by atoms with Gasteiger partial charge < -0.3 is 4.57 Å². The van der Waals surface area contributed by atoms with Crippen molar-refractivity contribution in [2.75, 3.05) is 0 Å². The van der Waals surface area contributed by atoms with Crippen molar-refractivity contribution in [3.63, 3.8) is 0 Å². The third-order valence-corrected chi connectivity index (χ3v) is 3.51. The first-order chi connectivity index (χ1) is 7.66. The summed E-state index contributed by atoms with van der Waals surface area (Å²) in [4.78, 5) is 11.9. The second kappa shape index (κ2) is 3.38. The van der Waals surface area contributed by atoms with Crippen LogP contribution in [0.1, 0.15) is 24.6 Å². The molecule has 0 aliphatic heterocycles. The summed E-state index contributed by atoms with van der Waals surface area (Å²) in [5.74, 6) is 0. The fourth-order valence-electron chi connectivity index (χ4n) is 1.88. The number of aryl methyl sites for hydroxylation is 1. The van der Waals surface area contributed by atoms with Crippen molar-refractivity contribution in [3.05, 3.63) is 32.9 Å². The molecule has 0 bridgehead atoms. The van der Waals surface area contributed by atoms with E-state index in [1.54, 1.807) is 10.6 Å². The maximum absolute atomic E-state index is 11.9. The predicted molar refractivity (Wildman–Crippen MR) is 64.5 cm³/mol. The zero-order valence-corrected chi connectivity index (χ0v) is 10.4. The molecule has 1 aliphatic carbocycles. The summed E-state index contributed by atoms with van der Waals surface area (Å²) in [7, 11) is 0. The number of halogens is 1. The van der Waals surface area contributed by atoms with E-state index in [4.69, 9.17) is 0 Å². The molecule has 0 unspecified atom stereocenters. The van der Waals surface area contributed by atoms with E-state index in [1.807, 2.05) is 13.1 Å². The molecule has 1 saturated carbocycles. The summed E-state index contributed by atoms with van der Waals surface area (Å²) in [6, 6.07) is 2.04. The van der Waals surface area contributed by atoms with Gasteiger partial charge in [0.25, 0.3) is 5.56 Å². The van der Waals surface area contributed by atoms with Crippen molar-refractivity contribution in [1.82, 2.24) is 14.8 Å². The van der Waals surface area contributed by atoms with Crippen LogP contribution >= 0.6 is 15.9 Å². The first-order valence-corrected chi connectivity index (χ1v) is 6.01. The molecule has 2 heterocycles. The fourth-order valence-corrected chi connectivity index (χ4v) is 2.27. The minimum Gasteiger partial charge on any atom is -0.312 e. The summed E-state index contributed by atoms with van der Waals surface area (Å²) in [5.41, 5.74) is 0.844. The molecule has 16 heavy (non-hydrogen) atoms. The predicted octanol–water partition coefficient (Wildman–Crippen LogP) is 2.20. The highest BCUT2D eigenvalue weighted by Gasteiger charge is 2.24. The molecule has 0 N–H and O–H groups in total. The minimum atomic E-state index is 0.0537. The van der Waals surface area contributed by atoms with Crippen molar-refractivity contribution in [3.8, 4) is 0 Å². The molecule has 0 spiro atoms. The second-order valence-corrected chi connectivity index (χ2v) is 4.90. The Hall–Kier alpha value is -1.23. The second-order valence-electron chi connectivity index (χ2n) is 4.15.